The Morgan fingerprint density at radius 1 is 0.952 bits per heavy atom. The highest BCUT2D eigenvalue weighted by Crippen LogP contribution is 2.31. The summed E-state index contributed by atoms with van der Waals surface area (Å²) < 4.78 is 6.27. The van der Waals surface area contributed by atoms with Crippen molar-refractivity contribution in [2.75, 3.05) is 14.2 Å². The van der Waals surface area contributed by atoms with E-state index >= 15 is 0 Å². The van der Waals surface area contributed by atoms with Gasteiger partial charge in [-0.2, -0.15) is 0 Å². The van der Waals surface area contributed by atoms with Gasteiger partial charge in [0.25, 0.3) is 0 Å². The molecule has 21 heavy (non-hydrogen) atoms. The van der Waals surface area contributed by atoms with E-state index < -0.39 is 0 Å². The number of rotatable bonds is 5. The largest absolute Gasteiger partial charge is 0.496 e. The minimum Gasteiger partial charge on any atom is -0.496 e. The van der Waals surface area contributed by atoms with Gasteiger partial charge in [0.1, 0.15) is 5.75 Å². The number of halogens is 1. The van der Waals surface area contributed by atoms with Crippen LogP contribution in [0.4, 0.5) is 0 Å². The number of hydrogen-bond acceptors (Lipinski definition) is 2. The topological polar surface area (TPSA) is 21.3 Å². The minimum atomic E-state index is 0.174. The van der Waals surface area contributed by atoms with Gasteiger partial charge in [0.15, 0.2) is 0 Å². The molecule has 0 saturated carbocycles. The summed E-state index contributed by atoms with van der Waals surface area (Å²) in [6.07, 6.45) is 0. The van der Waals surface area contributed by atoms with Gasteiger partial charge in [-0.15, -0.1) is 0 Å². The molecule has 0 fully saturated rings. The van der Waals surface area contributed by atoms with Crippen LogP contribution in [0.25, 0.3) is 0 Å². The Bertz CT molecular complexity index is 593. The van der Waals surface area contributed by atoms with Crippen molar-refractivity contribution >= 4 is 15.9 Å². The van der Waals surface area contributed by atoms with Crippen LogP contribution in [0.3, 0.4) is 0 Å². The van der Waals surface area contributed by atoms with Gasteiger partial charge in [0, 0.05) is 0 Å². The average molecular weight is 348 g/mol. The van der Waals surface area contributed by atoms with Crippen molar-refractivity contribution in [3.05, 3.63) is 63.6 Å². The molecule has 1 atom stereocenters. The third kappa shape index (κ3) is 3.66. The van der Waals surface area contributed by atoms with Gasteiger partial charge in [0.05, 0.1) is 17.6 Å². The highest BCUT2D eigenvalue weighted by molar-refractivity contribution is 9.10. The Kier molecular flexibility index (Phi) is 5.43. The van der Waals surface area contributed by atoms with Crippen LogP contribution < -0.4 is 10.1 Å². The van der Waals surface area contributed by atoms with E-state index in [1.165, 1.54) is 16.7 Å². The van der Waals surface area contributed by atoms with Crippen molar-refractivity contribution in [3.8, 4) is 5.75 Å². The fourth-order valence-electron chi connectivity index (χ4n) is 2.46. The molecule has 1 unspecified atom stereocenters. The Labute approximate surface area is 135 Å². The minimum absolute atomic E-state index is 0.174. The van der Waals surface area contributed by atoms with Crippen molar-refractivity contribution in [2.45, 2.75) is 25.8 Å². The molecule has 0 saturated heterocycles. The molecule has 0 aliphatic carbocycles. The fraction of sp³-hybridized carbons (Fsp3) is 0.333. The smallest absolute Gasteiger partial charge is 0.133 e. The second kappa shape index (κ2) is 7.10. The average Bonchev–Trinajstić information content (AvgIpc) is 2.49. The van der Waals surface area contributed by atoms with E-state index in [2.05, 4.69) is 71.5 Å². The van der Waals surface area contributed by atoms with E-state index in [1.807, 2.05) is 13.1 Å². The summed E-state index contributed by atoms with van der Waals surface area (Å²) in [5.74, 6) is 1.41. The molecule has 0 heterocycles. The molecule has 0 bridgehead atoms. The SMILES string of the molecule is CNC(c1ccc(C(C)C)cc1)c1ccc(OC)c(Br)c1. The number of benzene rings is 2. The maximum Gasteiger partial charge on any atom is 0.133 e. The summed E-state index contributed by atoms with van der Waals surface area (Å²) in [6, 6.07) is 15.2. The summed E-state index contributed by atoms with van der Waals surface area (Å²) in [5.41, 5.74) is 3.84. The van der Waals surface area contributed by atoms with E-state index in [1.54, 1.807) is 7.11 Å². The molecule has 2 rings (SSSR count). The Balaban J connectivity index is 2.32. The summed E-state index contributed by atoms with van der Waals surface area (Å²) in [7, 11) is 3.67. The number of hydrogen-bond donors (Lipinski definition) is 1. The first kappa shape index (κ1) is 16.1. The molecule has 2 nitrogen and oxygen atoms in total. The molecule has 2 aromatic rings. The molecule has 1 N–H and O–H groups in total. The fourth-order valence-corrected chi connectivity index (χ4v) is 3.02. The van der Waals surface area contributed by atoms with Crippen LogP contribution in [0.1, 0.15) is 42.5 Å². The second-order valence-electron chi connectivity index (χ2n) is 5.44. The molecule has 0 radical (unpaired) electrons. The molecule has 112 valence electrons. The first-order valence-corrected chi connectivity index (χ1v) is 7.96. The van der Waals surface area contributed by atoms with Crippen molar-refractivity contribution in [1.29, 1.82) is 0 Å². The first-order chi connectivity index (χ1) is 10.1. The zero-order valence-electron chi connectivity index (χ0n) is 13.0. The van der Waals surface area contributed by atoms with Gasteiger partial charge in [-0.25, -0.2) is 0 Å². The van der Waals surface area contributed by atoms with Gasteiger partial charge in [-0.05, 0) is 57.7 Å². The molecule has 0 amide bonds. The number of methoxy groups -OCH3 is 1. The monoisotopic (exact) mass is 347 g/mol. The van der Waals surface area contributed by atoms with Gasteiger partial charge in [-0.3, -0.25) is 0 Å². The lowest BCUT2D eigenvalue weighted by Gasteiger charge is -2.19. The van der Waals surface area contributed by atoms with Crippen molar-refractivity contribution < 1.29 is 4.74 Å². The third-order valence-corrected chi connectivity index (χ3v) is 4.35. The van der Waals surface area contributed by atoms with Gasteiger partial charge >= 0.3 is 0 Å². The van der Waals surface area contributed by atoms with E-state index in [0.717, 1.165) is 10.2 Å². The zero-order valence-corrected chi connectivity index (χ0v) is 14.6. The van der Waals surface area contributed by atoms with Crippen LogP contribution in [0.15, 0.2) is 46.9 Å². The predicted molar refractivity (Wildman–Crippen MR) is 92.1 cm³/mol. The molecule has 0 aliphatic heterocycles. The Morgan fingerprint density at radius 3 is 2.00 bits per heavy atom. The molecule has 0 aliphatic rings. The molecular formula is C18H22BrNO. The van der Waals surface area contributed by atoms with E-state index in [4.69, 9.17) is 4.74 Å². The van der Waals surface area contributed by atoms with Crippen molar-refractivity contribution in [1.82, 2.24) is 5.32 Å². The van der Waals surface area contributed by atoms with Gasteiger partial charge in [0.2, 0.25) is 0 Å². The summed E-state index contributed by atoms with van der Waals surface area (Å²) in [4.78, 5) is 0. The molecule has 0 aromatic heterocycles. The maximum atomic E-state index is 5.29. The van der Waals surface area contributed by atoms with Crippen LogP contribution in [-0.2, 0) is 0 Å². The summed E-state index contributed by atoms with van der Waals surface area (Å²) in [5, 5.41) is 3.39. The highest BCUT2D eigenvalue weighted by Gasteiger charge is 2.14. The van der Waals surface area contributed by atoms with Gasteiger partial charge < -0.3 is 10.1 Å². The highest BCUT2D eigenvalue weighted by atomic mass is 79.9. The number of ether oxygens (including phenoxy) is 1. The predicted octanol–water partition coefficient (Wildman–Crippen LogP) is 4.89. The van der Waals surface area contributed by atoms with Crippen LogP contribution >= 0.6 is 15.9 Å². The van der Waals surface area contributed by atoms with E-state index in [0.29, 0.717) is 5.92 Å². The zero-order chi connectivity index (χ0) is 15.4. The lowest BCUT2D eigenvalue weighted by Crippen LogP contribution is -2.17. The first-order valence-electron chi connectivity index (χ1n) is 7.17. The molecule has 2 aromatic carbocycles. The summed E-state index contributed by atoms with van der Waals surface area (Å²) >= 11 is 3.56. The van der Waals surface area contributed by atoms with Crippen LogP contribution in [0.2, 0.25) is 0 Å². The van der Waals surface area contributed by atoms with Crippen LogP contribution in [0, 0.1) is 0 Å². The molecular weight excluding hydrogens is 326 g/mol. The lowest BCUT2D eigenvalue weighted by molar-refractivity contribution is 0.412. The normalized spacial score (nSPS) is 12.5. The standard InChI is InChI=1S/C18H22BrNO/c1-12(2)13-5-7-14(8-6-13)18(20-3)15-9-10-17(21-4)16(19)11-15/h5-12,18,20H,1-4H3. The number of nitrogens with one attached hydrogen (secondary N) is 1. The maximum absolute atomic E-state index is 5.29. The summed E-state index contributed by atoms with van der Waals surface area (Å²) in [6.45, 7) is 4.43. The van der Waals surface area contributed by atoms with E-state index in [-0.39, 0.29) is 6.04 Å². The Hall–Kier alpha value is -1.32. The lowest BCUT2D eigenvalue weighted by atomic mass is 9.95. The second-order valence-corrected chi connectivity index (χ2v) is 6.29. The third-order valence-electron chi connectivity index (χ3n) is 3.73. The quantitative estimate of drug-likeness (QED) is 0.831. The van der Waals surface area contributed by atoms with Crippen LogP contribution in [-0.4, -0.2) is 14.2 Å². The molecule has 3 heteroatoms. The van der Waals surface area contributed by atoms with Crippen molar-refractivity contribution in [2.24, 2.45) is 0 Å². The Morgan fingerprint density at radius 2 is 1.52 bits per heavy atom. The van der Waals surface area contributed by atoms with Crippen molar-refractivity contribution in [3.63, 3.8) is 0 Å². The molecule has 0 spiro atoms. The van der Waals surface area contributed by atoms with Crippen LogP contribution in [0.5, 0.6) is 5.75 Å². The van der Waals surface area contributed by atoms with E-state index in [9.17, 15) is 0 Å². The van der Waals surface area contributed by atoms with Gasteiger partial charge in [-0.1, -0.05) is 44.2 Å².